The first-order chi connectivity index (χ1) is 13.5. The summed E-state index contributed by atoms with van der Waals surface area (Å²) in [6.07, 6.45) is 0.285. The second-order valence-corrected chi connectivity index (χ2v) is 7.04. The number of nitrogens with one attached hydrogen (secondary N) is 1. The maximum Gasteiger partial charge on any atom is 0.339 e. The van der Waals surface area contributed by atoms with Crippen molar-refractivity contribution in [3.63, 3.8) is 0 Å². The highest BCUT2D eigenvalue weighted by atomic mass is 16.6. The van der Waals surface area contributed by atoms with Gasteiger partial charge in [0.2, 0.25) is 5.91 Å². The van der Waals surface area contributed by atoms with E-state index < -0.39 is 5.97 Å². The van der Waals surface area contributed by atoms with E-state index in [2.05, 4.69) is 19.2 Å². The molecule has 1 heterocycles. The zero-order valence-corrected chi connectivity index (χ0v) is 16.4. The van der Waals surface area contributed by atoms with Crippen molar-refractivity contribution in [1.82, 2.24) is 0 Å². The number of esters is 1. The molecule has 1 N–H and O–H groups in total. The molecule has 0 saturated carbocycles. The monoisotopic (exact) mass is 383 g/mol. The number of hydrogen-bond acceptors (Lipinski definition) is 5. The first kappa shape index (κ1) is 19.7. The summed E-state index contributed by atoms with van der Waals surface area (Å²) < 4.78 is 16.0. The van der Waals surface area contributed by atoms with Crippen molar-refractivity contribution in [2.24, 2.45) is 5.92 Å². The zero-order valence-electron chi connectivity index (χ0n) is 16.4. The third-order valence-electron chi connectivity index (χ3n) is 4.81. The summed E-state index contributed by atoms with van der Waals surface area (Å²) in [7, 11) is 1.32. The Balaban J connectivity index is 1.77. The van der Waals surface area contributed by atoms with Crippen molar-refractivity contribution in [2.75, 3.05) is 25.6 Å². The predicted molar refractivity (Wildman–Crippen MR) is 106 cm³/mol. The van der Waals surface area contributed by atoms with Crippen molar-refractivity contribution in [3.05, 3.63) is 53.6 Å². The van der Waals surface area contributed by atoms with Gasteiger partial charge in [0.05, 0.1) is 18.4 Å². The molecule has 6 nitrogen and oxygen atoms in total. The van der Waals surface area contributed by atoms with Gasteiger partial charge in [-0.05, 0) is 41.7 Å². The van der Waals surface area contributed by atoms with E-state index in [4.69, 9.17) is 14.2 Å². The first-order valence-corrected chi connectivity index (χ1v) is 9.36. The van der Waals surface area contributed by atoms with Crippen LogP contribution in [0.4, 0.5) is 5.69 Å². The topological polar surface area (TPSA) is 73.9 Å². The van der Waals surface area contributed by atoms with Gasteiger partial charge in [-0.3, -0.25) is 4.79 Å². The number of carbonyl (C=O) groups excluding carboxylic acids is 2. The van der Waals surface area contributed by atoms with Crippen molar-refractivity contribution < 1.29 is 23.8 Å². The number of ether oxygens (including phenoxy) is 3. The van der Waals surface area contributed by atoms with Gasteiger partial charge in [-0.1, -0.05) is 32.0 Å². The van der Waals surface area contributed by atoms with E-state index in [1.54, 1.807) is 24.3 Å². The second kappa shape index (κ2) is 8.78. The highest BCUT2D eigenvalue weighted by Crippen LogP contribution is 2.36. The number of hydrogen-bond donors (Lipinski definition) is 1. The van der Waals surface area contributed by atoms with Crippen molar-refractivity contribution >= 4 is 17.6 Å². The summed E-state index contributed by atoms with van der Waals surface area (Å²) in [5, 5.41) is 2.85. The Hall–Kier alpha value is -3.02. The molecule has 3 rings (SSSR count). The summed E-state index contributed by atoms with van der Waals surface area (Å²) >= 11 is 0. The lowest BCUT2D eigenvalue weighted by Gasteiger charge is -2.24. The Bertz CT molecular complexity index is 862. The number of anilines is 1. The fourth-order valence-corrected chi connectivity index (χ4v) is 3.31. The van der Waals surface area contributed by atoms with Gasteiger partial charge in [0.1, 0.15) is 13.2 Å². The minimum Gasteiger partial charge on any atom is -0.486 e. The van der Waals surface area contributed by atoms with Gasteiger partial charge in [-0.15, -0.1) is 0 Å². The van der Waals surface area contributed by atoms with E-state index in [9.17, 15) is 9.59 Å². The molecule has 148 valence electrons. The Morgan fingerprint density at radius 1 is 1.07 bits per heavy atom. The molecule has 2 aromatic carbocycles. The number of rotatable bonds is 6. The molecule has 0 saturated heterocycles. The van der Waals surface area contributed by atoms with Gasteiger partial charge >= 0.3 is 5.97 Å². The Morgan fingerprint density at radius 2 is 1.79 bits per heavy atom. The number of amides is 1. The molecule has 28 heavy (non-hydrogen) atoms. The van der Waals surface area contributed by atoms with E-state index in [0.29, 0.717) is 30.2 Å². The normalized spacial score (nSPS) is 13.7. The van der Waals surface area contributed by atoms with E-state index in [0.717, 1.165) is 11.3 Å². The largest absolute Gasteiger partial charge is 0.486 e. The van der Waals surface area contributed by atoms with Crippen LogP contribution in [0.3, 0.4) is 0 Å². The van der Waals surface area contributed by atoms with Gasteiger partial charge in [-0.2, -0.15) is 0 Å². The van der Waals surface area contributed by atoms with Crippen LogP contribution in [-0.2, 0) is 9.53 Å². The lowest BCUT2D eigenvalue weighted by molar-refractivity contribution is -0.116. The average molecular weight is 383 g/mol. The van der Waals surface area contributed by atoms with Crippen molar-refractivity contribution in [3.8, 4) is 11.5 Å². The van der Waals surface area contributed by atoms with Crippen LogP contribution < -0.4 is 14.8 Å². The number of para-hydroxylation sites is 1. The molecular formula is C22H25NO5. The number of benzene rings is 2. The lowest BCUT2D eigenvalue weighted by Crippen LogP contribution is -2.21. The summed E-state index contributed by atoms with van der Waals surface area (Å²) in [6, 6.07) is 12.6. The summed E-state index contributed by atoms with van der Waals surface area (Å²) in [5.41, 5.74) is 1.80. The molecule has 1 aliphatic heterocycles. The fraction of sp³-hybridized carbons (Fsp3) is 0.364. The van der Waals surface area contributed by atoms with Gasteiger partial charge < -0.3 is 19.5 Å². The number of methoxy groups -OCH3 is 1. The third kappa shape index (κ3) is 4.44. The molecule has 2 aromatic rings. The SMILES string of the molecule is COC(=O)c1ccccc1NC(=O)CC(c1ccc2c(c1)OCCO2)C(C)C. The zero-order chi connectivity index (χ0) is 20.1. The molecule has 1 unspecified atom stereocenters. The molecule has 1 atom stereocenters. The van der Waals surface area contributed by atoms with Gasteiger partial charge in [0, 0.05) is 6.42 Å². The Labute approximate surface area is 164 Å². The Morgan fingerprint density at radius 3 is 2.50 bits per heavy atom. The minimum absolute atomic E-state index is 0.00103. The molecule has 6 heteroatoms. The fourth-order valence-electron chi connectivity index (χ4n) is 3.31. The van der Waals surface area contributed by atoms with Crippen LogP contribution in [-0.4, -0.2) is 32.2 Å². The van der Waals surface area contributed by atoms with E-state index in [-0.39, 0.29) is 24.2 Å². The smallest absolute Gasteiger partial charge is 0.339 e. The van der Waals surface area contributed by atoms with Crippen LogP contribution in [0.2, 0.25) is 0 Å². The molecule has 0 radical (unpaired) electrons. The molecule has 0 fully saturated rings. The average Bonchev–Trinajstić information content (AvgIpc) is 2.71. The van der Waals surface area contributed by atoms with Gasteiger partial charge in [0.15, 0.2) is 11.5 Å². The molecule has 0 spiro atoms. The highest BCUT2D eigenvalue weighted by Gasteiger charge is 2.23. The quantitative estimate of drug-likeness (QED) is 0.763. The molecule has 0 bridgehead atoms. The molecule has 0 aliphatic carbocycles. The highest BCUT2D eigenvalue weighted by molar-refractivity contribution is 6.01. The van der Waals surface area contributed by atoms with E-state index in [1.165, 1.54) is 7.11 Å². The van der Waals surface area contributed by atoms with Gasteiger partial charge in [0.25, 0.3) is 0 Å². The molecule has 0 aromatic heterocycles. The van der Waals surface area contributed by atoms with Crippen molar-refractivity contribution in [2.45, 2.75) is 26.2 Å². The lowest BCUT2D eigenvalue weighted by atomic mass is 9.85. The summed E-state index contributed by atoms with van der Waals surface area (Å²) in [5.74, 6) is 1.04. The summed E-state index contributed by atoms with van der Waals surface area (Å²) in [4.78, 5) is 24.6. The standard InChI is InChI=1S/C22H25NO5/c1-14(2)17(15-8-9-19-20(12-15)28-11-10-27-19)13-21(24)23-18-7-5-4-6-16(18)22(25)26-3/h4-9,12,14,17H,10-11,13H2,1-3H3,(H,23,24). The molecule has 1 aliphatic rings. The number of carbonyl (C=O) groups is 2. The molecular weight excluding hydrogens is 358 g/mol. The summed E-state index contributed by atoms with van der Waals surface area (Å²) in [6.45, 7) is 5.23. The van der Waals surface area contributed by atoms with Crippen LogP contribution in [0.15, 0.2) is 42.5 Å². The van der Waals surface area contributed by atoms with Crippen LogP contribution in [0.5, 0.6) is 11.5 Å². The van der Waals surface area contributed by atoms with E-state index in [1.807, 2.05) is 18.2 Å². The van der Waals surface area contributed by atoms with Crippen molar-refractivity contribution in [1.29, 1.82) is 0 Å². The predicted octanol–water partition coefficient (Wildman–Crippen LogP) is 4.01. The maximum atomic E-state index is 12.7. The van der Waals surface area contributed by atoms with E-state index >= 15 is 0 Å². The maximum absolute atomic E-state index is 12.7. The molecule has 1 amide bonds. The van der Waals surface area contributed by atoms with Crippen LogP contribution in [0.1, 0.15) is 42.1 Å². The van der Waals surface area contributed by atoms with Crippen LogP contribution in [0, 0.1) is 5.92 Å². The first-order valence-electron chi connectivity index (χ1n) is 9.36. The Kier molecular flexibility index (Phi) is 6.19. The van der Waals surface area contributed by atoms with Gasteiger partial charge in [-0.25, -0.2) is 4.79 Å². The van der Waals surface area contributed by atoms with Crippen LogP contribution in [0.25, 0.3) is 0 Å². The minimum atomic E-state index is -0.483. The number of fused-ring (bicyclic) bond motifs is 1. The van der Waals surface area contributed by atoms with Crippen LogP contribution >= 0.6 is 0 Å². The third-order valence-corrected chi connectivity index (χ3v) is 4.81. The second-order valence-electron chi connectivity index (χ2n) is 7.04.